The molecule has 4 rings (SSSR count). The Kier molecular flexibility index (Phi) is 5.14. The van der Waals surface area contributed by atoms with E-state index >= 15 is 0 Å². The highest BCUT2D eigenvalue weighted by molar-refractivity contribution is 5.38. The van der Waals surface area contributed by atoms with E-state index in [1.165, 1.54) is 37.8 Å². The minimum absolute atomic E-state index is 0.318. The highest BCUT2D eigenvalue weighted by Crippen LogP contribution is 2.26. The molecular formula is C19H27N5O. The fourth-order valence-electron chi connectivity index (χ4n) is 3.98. The lowest BCUT2D eigenvalue weighted by Crippen LogP contribution is -2.35. The van der Waals surface area contributed by atoms with Crippen LogP contribution in [0.25, 0.3) is 0 Å². The van der Waals surface area contributed by atoms with Gasteiger partial charge in [0.05, 0.1) is 12.4 Å². The Labute approximate surface area is 149 Å². The third-order valence-corrected chi connectivity index (χ3v) is 5.44. The third kappa shape index (κ3) is 4.30. The number of rotatable bonds is 5. The van der Waals surface area contributed by atoms with E-state index in [2.05, 4.69) is 26.1 Å². The smallest absolute Gasteiger partial charge is 0.234 e. The van der Waals surface area contributed by atoms with Crippen molar-refractivity contribution in [2.24, 2.45) is 5.92 Å². The van der Waals surface area contributed by atoms with Crippen molar-refractivity contribution >= 4 is 5.82 Å². The van der Waals surface area contributed by atoms with Crippen LogP contribution in [-0.4, -0.2) is 39.4 Å². The van der Waals surface area contributed by atoms with Crippen LogP contribution in [0.2, 0.25) is 0 Å². The summed E-state index contributed by atoms with van der Waals surface area (Å²) in [6, 6.07) is 2.07. The van der Waals surface area contributed by atoms with Gasteiger partial charge in [0.1, 0.15) is 6.10 Å². The van der Waals surface area contributed by atoms with Gasteiger partial charge in [0.2, 0.25) is 5.88 Å². The van der Waals surface area contributed by atoms with E-state index in [0.29, 0.717) is 17.9 Å². The number of nitrogens with one attached hydrogen (secondary N) is 1. The number of piperidine rings is 1. The Balaban J connectivity index is 1.32. The average molecular weight is 341 g/mol. The van der Waals surface area contributed by atoms with E-state index < -0.39 is 0 Å². The first-order chi connectivity index (χ1) is 12.4. The second-order valence-corrected chi connectivity index (χ2v) is 7.31. The summed E-state index contributed by atoms with van der Waals surface area (Å²) >= 11 is 0. The third-order valence-electron chi connectivity index (χ3n) is 5.44. The Morgan fingerprint density at radius 3 is 2.68 bits per heavy atom. The van der Waals surface area contributed by atoms with Gasteiger partial charge in [-0.15, -0.1) is 0 Å². The fraction of sp³-hybridized carbons (Fsp3) is 0.632. The first-order valence-electron chi connectivity index (χ1n) is 9.59. The van der Waals surface area contributed by atoms with Crippen LogP contribution in [0.3, 0.4) is 0 Å². The van der Waals surface area contributed by atoms with Crippen molar-refractivity contribution in [3.05, 3.63) is 30.4 Å². The first kappa shape index (κ1) is 16.4. The predicted molar refractivity (Wildman–Crippen MR) is 96.8 cm³/mol. The minimum Gasteiger partial charge on any atom is -0.473 e. The van der Waals surface area contributed by atoms with Gasteiger partial charge in [-0.3, -0.25) is 10.1 Å². The maximum absolute atomic E-state index is 6.07. The standard InChI is InChI=1S/C19H27N5O/c1-2-4-17(5-3-1)25-19-14-20-13-18(22-19)24-10-7-15(8-11-24)12-16-6-9-21-23-16/h6,9,13-15,17H,1-5,7-8,10-12H2,(H,21,23). The molecule has 0 spiro atoms. The van der Waals surface area contributed by atoms with Crippen LogP contribution in [0, 0.1) is 5.92 Å². The number of aromatic nitrogens is 4. The van der Waals surface area contributed by atoms with Gasteiger partial charge in [-0.1, -0.05) is 6.42 Å². The normalized spacial score (nSPS) is 19.9. The van der Waals surface area contributed by atoms with Crippen molar-refractivity contribution in [1.29, 1.82) is 0 Å². The molecule has 0 amide bonds. The number of aromatic amines is 1. The molecule has 2 fully saturated rings. The molecule has 1 aliphatic heterocycles. The summed E-state index contributed by atoms with van der Waals surface area (Å²) in [6.45, 7) is 2.06. The van der Waals surface area contributed by atoms with Crippen molar-refractivity contribution in [3.8, 4) is 5.88 Å². The molecule has 0 bridgehead atoms. The van der Waals surface area contributed by atoms with Crippen molar-refractivity contribution in [2.75, 3.05) is 18.0 Å². The molecular weight excluding hydrogens is 314 g/mol. The lowest BCUT2D eigenvalue weighted by Gasteiger charge is -2.32. The molecule has 1 saturated carbocycles. The average Bonchev–Trinajstić information content (AvgIpc) is 3.16. The van der Waals surface area contributed by atoms with E-state index in [0.717, 1.165) is 38.2 Å². The largest absolute Gasteiger partial charge is 0.473 e. The Hall–Kier alpha value is -2.11. The Bertz CT molecular complexity index is 646. The fourth-order valence-corrected chi connectivity index (χ4v) is 3.98. The highest BCUT2D eigenvalue weighted by atomic mass is 16.5. The molecule has 6 heteroatoms. The van der Waals surface area contributed by atoms with E-state index in [4.69, 9.17) is 9.72 Å². The van der Waals surface area contributed by atoms with Crippen LogP contribution < -0.4 is 9.64 Å². The molecule has 2 aromatic heterocycles. The molecule has 6 nitrogen and oxygen atoms in total. The molecule has 0 atom stereocenters. The van der Waals surface area contributed by atoms with Gasteiger partial charge in [-0.2, -0.15) is 10.1 Å². The molecule has 25 heavy (non-hydrogen) atoms. The van der Waals surface area contributed by atoms with Crippen LogP contribution >= 0.6 is 0 Å². The van der Waals surface area contributed by atoms with Crippen LogP contribution in [-0.2, 0) is 6.42 Å². The molecule has 2 aromatic rings. The summed E-state index contributed by atoms with van der Waals surface area (Å²) in [5.74, 6) is 2.35. The highest BCUT2D eigenvalue weighted by Gasteiger charge is 2.22. The number of hydrogen-bond donors (Lipinski definition) is 1. The van der Waals surface area contributed by atoms with Crippen LogP contribution in [0.15, 0.2) is 24.7 Å². The second kappa shape index (κ2) is 7.85. The van der Waals surface area contributed by atoms with Gasteiger partial charge < -0.3 is 9.64 Å². The summed E-state index contributed by atoms with van der Waals surface area (Å²) < 4.78 is 6.07. The van der Waals surface area contributed by atoms with E-state index in [-0.39, 0.29) is 0 Å². The molecule has 2 aliphatic rings. The minimum atomic E-state index is 0.318. The Morgan fingerprint density at radius 2 is 1.92 bits per heavy atom. The molecule has 0 radical (unpaired) electrons. The lowest BCUT2D eigenvalue weighted by molar-refractivity contribution is 0.148. The zero-order chi connectivity index (χ0) is 16.9. The van der Waals surface area contributed by atoms with Crippen LogP contribution in [0.1, 0.15) is 50.6 Å². The lowest BCUT2D eigenvalue weighted by atomic mass is 9.92. The predicted octanol–water partition coefficient (Wildman–Crippen LogP) is 3.37. The van der Waals surface area contributed by atoms with Gasteiger partial charge in [0.15, 0.2) is 5.82 Å². The maximum atomic E-state index is 6.07. The number of ether oxygens (including phenoxy) is 1. The summed E-state index contributed by atoms with van der Waals surface area (Å²) in [5.41, 5.74) is 1.24. The number of H-pyrrole nitrogens is 1. The molecule has 1 saturated heterocycles. The van der Waals surface area contributed by atoms with Crippen molar-refractivity contribution in [2.45, 2.75) is 57.5 Å². The molecule has 1 aliphatic carbocycles. The van der Waals surface area contributed by atoms with Gasteiger partial charge in [-0.25, -0.2) is 0 Å². The summed E-state index contributed by atoms with van der Waals surface area (Å²) in [7, 11) is 0. The zero-order valence-corrected chi connectivity index (χ0v) is 14.7. The van der Waals surface area contributed by atoms with E-state index in [1.54, 1.807) is 6.20 Å². The van der Waals surface area contributed by atoms with E-state index in [1.807, 2.05) is 12.4 Å². The number of nitrogens with zero attached hydrogens (tertiary/aromatic N) is 4. The molecule has 3 heterocycles. The van der Waals surface area contributed by atoms with Crippen molar-refractivity contribution < 1.29 is 4.74 Å². The molecule has 0 unspecified atom stereocenters. The van der Waals surface area contributed by atoms with Gasteiger partial charge in [-0.05, 0) is 56.9 Å². The monoisotopic (exact) mass is 341 g/mol. The van der Waals surface area contributed by atoms with Crippen LogP contribution in [0.4, 0.5) is 5.82 Å². The van der Waals surface area contributed by atoms with Crippen molar-refractivity contribution in [3.63, 3.8) is 0 Å². The summed E-state index contributed by atoms with van der Waals surface area (Å²) in [5, 5.41) is 7.11. The molecule has 134 valence electrons. The topological polar surface area (TPSA) is 66.9 Å². The molecule has 0 aromatic carbocycles. The van der Waals surface area contributed by atoms with Gasteiger partial charge in [0.25, 0.3) is 0 Å². The summed E-state index contributed by atoms with van der Waals surface area (Å²) in [6.07, 6.45) is 15.4. The first-order valence-corrected chi connectivity index (χ1v) is 9.59. The SMILES string of the molecule is c1cc(CC2CCN(c3cncc(OC4CCCCC4)n3)CC2)[nH]n1. The van der Waals surface area contributed by atoms with E-state index in [9.17, 15) is 0 Å². The maximum Gasteiger partial charge on any atom is 0.234 e. The quantitative estimate of drug-likeness (QED) is 0.903. The number of anilines is 1. The number of hydrogen-bond acceptors (Lipinski definition) is 5. The zero-order valence-electron chi connectivity index (χ0n) is 14.7. The molecule has 1 N–H and O–H groups in total. The Morgan fingerprint density at radius 1 is 1.08 bits per heavy atom. The van der Waals surface area contributed by atoms with Crippen molar-refractivity contribution in [1.82, 2.24) is 20.2 Å². The van der Waals surface area contributed by atoms with Gasteiger partial charge >= 0.3 is 0 Å². The van der Waals surface area contributed by atoms with Gasteiger partial charge in [0, 0.05) is 25.0 Å². The second-order valence-electron chi connectivity index (χ2n) is 7.31. The van der Waals surface area contributed by atoms with Crippen LogP contribution in [0.5, 0.6) is 5.88 Å². The summed E-state index contributed by atoms with van der Waals surface area (Å²) in [4.78, 5) is 11.4.